The van der Waals surface area contributed by atoms with Crippen molar-refractivity contribution in [3.05, 3.63) is 59.2 Å². The zero-order chi connectivity index (χ0) is 15.4. The second kappa shape index (κ2) is 6.52. The average molecular weight is 297 g/mol. The lowest BCUT2D eigenvalue weighted by molar-refractivity contribution is -0.121. The maximum Gasteiger partial charge on any atom is 0.231 e. The standard InChI is InChI=1S/C18H19NO3/c1-13-2-4-15(5-3-13)11-19-18(20)9-7-14-6-8-16-17(10-14)22-12-21-16/h2-6,8,10H,7,9,11-12H2,1H3,(H,19,20). The summed E-state index contributed by atoms with van der Waals surface area (Å²) in [6.45, 7) is 2.89. The predicted molar refractivity (Wildman–Crippen MR) is 83.9 cm³/mol. The Morgan fingerprint density at radius 3 is 2.59 bits per heavy atom. The van der Waals surface area contributed by atoms with E-state index in [1.54, 1.807) is 0 Å². The molecule has 0 bridgehead atoms. The summed E-state index contributed by atoms with van der Waals surface area (Å²) >= 11 is 0. The topological polar surface area (TPSA) is 47.6 Å². The monoisotopic (exact) mass is 297 g/mol. The van der Waals surface area contributed by atoms with Crippen molar-refractivity contribution in [1.29, 1.82) is 0 Å². The molecule has 0 fully saturated rings. The van der Waals surface area contributed by atoms with Crippen molar-refractivity contribution in [1.82, 2.24) is 5.32 Å². The quantitative estimate of drug-likeness (QED) is 0.923. The van der Waals surface area contributed by atoms with Gasteiger partial charge in [0.05, 0.1) is 0 Å². The molecule has 1 aliphatic rings. The lowest BCUT2D eigenvalue weighted by atomic mass is 10.1. The number of ether oxygens (including phenoxy) is 2. The summed E-state index contributed by atoms with van der Waals surface area (Å²) in [6.07, 6.45) is 1.15. The minimum absolute atomic E-state index is 0.0539. The molecule has 1 N–H and O–H groups in total. The van der Waals surface area contributed by atoms with E-state index < -0.39 is 0 Å². The van der Waals surface area contributed by atoms with Gasteiger partial charge in [0.1, 0.15) is 0 Å². The molecule has 2 aromatic carbocycles. The van der Waals surface area contributed by atoms with Gasteiger partial charge in [-0.3, -0.25) is 4.79 Å². The van der Waals surface area contributed by atoms with E-state index in [0.717, 1.165) is 22.6 Å². The zero-order valence-electron chi connectivity index (χ0n) is 12.6. The summed E-state index contributed by atoms with van der Waals surface area (Å²) < 4.78 is 10.6. The molecule has 0 spiro atoms. The lowest BCUT2D eigenvalue weighted by Gasteiger charge is -2.06. The van der Waals surface area contributed by atoms with Crippen LogP contribution in [0.25, 0.3) is 0 Å². The molecule has 0 unspecified atom stereocenters. The largest absolute Gasteiger partial charge is 0.454 e. The molecular formula is C18H19NO3. The maximum atomic E-state index is 11.9. The Morgan fingerprint density at radius 2 is 1.77 bits per heavy atom. The average Bonchev–Trinajstić information content (AvgIpc) is 3.00. The van der Waals surface area contributed by atoms with Crippen molar-refractivity contribution in [2.45, 2.75) is 26.3 Å². The van der Waals surface area contributed by atoms with Crippen molar-refractivity contribution in [3.63, 3.8) is 0 Å². The first-order valence-electron chi connectivity index (χ1n) is 7.41. The van der Waals surface area contributed by atoms with E-state index in [2.05, 4.69) is 5.32 Å². The van der Waals surface area contributed by atoms with Crippen LogP contribution in [0.5, 0.6) is 11.5 Å². The van der Waals surface area contributed by atoms with Gasteiger partial charge in [0.15, 0.2) is 11.5 Å². The van der Waals surface area contributed by atoms with Crippen molar-refractivity contribution in [3.8, 4) is 11.5 Å². The van der Waals surface area contributed by atoms with Crippen LogP contribution >= 0.6 is 0 Å². The van der Waals surface area contributed by atoms with Gasteiger partial charge in [-0.15, -0.1) is 0 Å². The van der Waals surface area contributed by atoms with Crippen LogP contribution in [0, 0.1) is 6.92 Å². The van der Waals surface area contributed by atoms with Crippen molar-refractivity contribution >= 4 is 5.91 Å². The molecule has 0 saturated carbocycles. The number of carbonyl (C=O) groups is 1. The number of hydrogen-bond donors (Lipinski definition) is 1. The van der Waals surface area contributed by atoms with E-state index in [1.807, 2.05) is 49.4 Å². The third-order valence-electron chi connectivity index (χ3n) is 3.69. The molecule has 4 heteroatoms. The van der Waals surface area contributed by atoms with Crippen LogP contribution in [0.15, 0.2) is 42.5 Å². The van der Waals surface area contributed by atoms with Crippen LogP contribution in [0.3, 0.4) is 0 Å². The van der Waals surface area contributed by atoms with Gasteiger partial charge in [-0.1, -0.05) is 35.9 Å². The van der Waals surface area contributed by atoms with Crippen LogP contribution in [0.2, 0.25) is 0 Å². The minimum Gasteiger partial charge on any atom is -0.454 e. The molecule has 4 nitrogen and oxygen atoms in total. The highest BCUT2D eigenvalue weighted by atomic mass is 16.7. The Labute approximate surface area is 130 Å². The van der Waals surface area contributed by atoms with Crippen molar-refractivity contribution < 1.29 is 14.3 Å². The number of amides is 1. The minimum atomic E-state index is 0.0539. The molecule has 2 aromatic rings. The van der Waals surface area contributed by atoms with Crippen LogP contribution < -0.4 is 14.8 Å². The van der Waals surface area contributed by atoms with E-state index in [9.17, 15) is 4.79 Å². The van der Waals surface area contributed by atoms with E-state index in [1.165, 1.54) is 5.56 Å². The van der Waals surface area contributed by atoms with Crippen LogP contribution in [-0.4, -0.2) is 12.7 Å². The molecule has 0 aliphatic carbocycles. The Kier molecular flexibility index (Phi) is 4.28. The third kappa shape index (κ3) is 3.58. The summed E-state index contributed by atoms with van der Waals surface area (Å²) in [5.74, 6) is 1.59. The zero-order valence-corrected chi connectivity index (χ0v) is 12.6. The molecule has 0 saturated heterocycles. The number of carbonyl (C=O) groups excluding carboxylic acids is 1. The van der Waals surface area contributed by atoms with Crippen molar-refractivity contribution in [2.75, 3.05) is 6.79 Å². The number of nitrogens with one attached hydrogen (secondary N) is 1. The Hall–Kier alpha value is -2.49. The predicted octanol–water partition coefficient (Wildman–Crippen LogP) is 2.97. The van der Waals surface area contributed by atoms with Gasteiger partial charge in [-0.05, 0) is 36.6 Å². The van der Waals surface area contributed by atoms with E-state index in [4.69, 9.17) is 9.47 Å². The number of aryl methyl sites for hydroxylation is 2. The van der Waals surface area contributed by atoms with E-state index in [-0.39, 0.29) is 12.7 Å². The highest BCUT2D eigenvalue weighted by molar-refractivity contribution is 5.76. The summed E-state index contributed by atoms with van der Waals surface area (Å²) in [5, 5.41) is 2.95. The molecule has 3 rings (SSSR count). The molecule has 0 atom stereocenters. The van der Waals surface area contributed by atoms with Crippen LogP contribution in [0.1, 0.15) is 23.1 Å². The van der Waals surface area contributed by atoms with Gasteiger partial charge in [-0.2, -0.15) is 0 Å². The fourth-order valence-corrected chi connectivity index (χ4v) is 2.35. The molecule has 1 aliphatic heterocycles. The Balaban J connectivity index is 1.47. The molecule has 1 heterocycles. The van der Waals surface area contributed by atoms with Gasteiger partial charge in [0, 0.05) is 13.0 Å². The molecular weight excluding hydrogens is 278 g/mol. The molecule has 1 amide bonds. The third-order valence-corrected chi connectivity index (χ3v) is 3.69. The van der Waals surface area contributed by atoms with Gasteiger partial charge in [0.25, 0.3) is 0 Å². The smallest absolute Gasteiger partial charge is 0.231 e. The molecule has 0 radical (unpaired) electrons. The number of hydrogen-bond acceptors (Lipinski definition) is 3. The van der Waals surface area contributed by atoms with Crippen LogP contribution in [-0.2, 0) is 17.8 Å². The van der Waals surface area contributed by atoms with Gasteiger partial charge in [-0.25, -0.2) is 0 Å². The normalized spacial score (nSPS) is 12.2. The highest BCUT2D eigenvalue weighted by Crippen LogP contribution is 2.32. The fourth-order valence-electron chi connectivity index (χ4n) is 2.35. The van der Waals surface area contributed by atoms with Gasteiger partial charge in [0.2, 0.25) is 12.7 Å². The number of fused-ring (bicyclic) bond motifs is 1. The first-order chi connectivity index (χ1) is 10.7. The second-order valence-electron chi connectivity index (χ2n) is 5.45. The van der Waals surface area contributed by atoms with Crippen molar-refractivity contribution in [2.24, 2.45) is 0 Å². The van der Waals surface area contributed by atoms with E-state index >= 15 is 0 Å². The van der Waals surface area contributed by atoms with Gasteiger partial charge < -0.3 is 14.8 Å². The molecule has 22 heavy (non-hydrogen) atoms. The lowest BCUT2D eigenvalue weighted by Crippen LogP contribution is -2.22. The fraction of sp³-hybridized carbons (Fsp3) is 0.278. The first-order valence-corrected chi connectivity index (χ1v) is 7.41. The summed E-state index contributed by atoms with van der Waals surface area (Å²) in [7, 11) is 0. The van der Waals surface area contributed by atoms with E-state index in [0.29, 0.717) is 19.4 Å². The Morgan fingerprint density at radius 1 is 1.05 bits per heavy atom. The summed E-state index contributed by atoms with van der Waals surface area (Å²) in [4.78, 5) is 11.9. The maximum absolute atomic E-state index is 11.9. The first kappa shape index (κ1) is 14.4. The summed E-state index contributed by atoms with van der Waals surface area (Å²) in [5.41, 5.74) is 3.41. The number of benzene rings is 2. The Bertz CT molecular complexity index is 665. The highest BCUT2D eigenvalue weighted by Gasteiger charge is 2.13. The molecule has 0 aromatic heterocycles. The van der Waals surface area contributed by atoms with Crippen LogP contribution in [0.4, 0.5) is 0 Å². The second-order valence-corrected chi connectivity index (χ2v) is 5.45. The summed E-state index contributed by atoms with van der Waals surface area (Å²) in [6, 6.07) is 14.0. The molecule has 114 valence electrons. The number of rotatable bonds is 5. The SMILES string of the molecule is Cc1ccc(CNC(=O)CCc2ccc3c(c2)OCO3)cc1. The van der Waals surface area contributed by atoms with Gasteiger partial charge >= 0.3 is 0 Å².